The summed E-state index contributed by atoms with van der Waals surface area (Å²) in [6.07, 6.45) is 0.681. The van der Waals surface area contributed by atoms with E-state index in [0.717, 1.165) is 0 Å². The maximum atomic E-state index is 13.6. The number of rotatable bonds is 1. The van der Waals surface area contributed by atoms with Gasteiger partial charge in [0.15, 0.2) is 19.7 Å². The molecule has 3 aliphatic heterocycles. The van der Waals surface area contributed by atoms with Crippen molar-refractivity contribution < 1.29 is 21.2 Å². The number of hydrogen-bond donors (Lipinski definition) is 1. The Morgan fingerprint density at radius 1 is 1.00 bits per heavy atom. The highest BCUT2D eigenvalue weighted by atomic mass is 79.9. The third-order valence-corrected chi connectivity index (χ3v) is 9.01. The molecular weight excluding hydrogens is 421 g/mol. The Labute approximate surface area is 147 Å². The molecule has 128 valence electrons. The molecule has 0 saturated carbocycles. The Morgan fingerprint density at radius 2 is 1.54 bits per heavy atom. The highest BCUT2D eigenvalue weighted by molar-refractivity contribution is 9.10. The molecule has 5 nitrogen and oxygen atoms in total. The molecule has 0 bridgehead atoms. The van der Waals surface area contributed by atoms with Crippen molar-refractivity contribution in [1.29, 1.82) is 0 Å². The lowest BCUT2D eigenvalue weighted by Gasteiger charge is -2.27. The van der Waals surface area contributed by atoms with Crippen molar-refractivity contribution in [2.45, 2.75) is 18.8 Å². The molecule has 0 atom stereocenters. The minimum Gasteiger partial charge on any atom is -0.361 e. The van der Waals surface area contributed by atoms with Gasteiger partial charge in [-0.05, 0) is 33.6 Å². The van der Waals surface area contributed by atoms with Gasteiger partial charge in [0.2, 0.25) is 0 Å². The zero-order chi connectivity index (χ0) is 17.3. The third kappa shape index (κ3) is 2.28. The number of nitrogens with one attached hydrogen (secondary N) is 1. The smallest absolute Gasteiger partial charge is 0.177 e. The van der Waals surface area contributed by atoms with Gasteiger partial charge in [0.25, 0.3) is 0 Å². The zero-order valence-corrected chi connectivity index (χ0v) is 15.6. The van der Waals surface area contributed by atoms with Crippen molar-refractivity contribution in [2.75, 3.05) is 11.5 Å². The summed E-state index contributed by atoms with van der Waals surface area (Å²) in [6, 6.07) is 4.13. The zero-order valence-electron chi connectivity index (χ0n) is 12.3. The largest absolute Gasteiger partial charge is 0.361 e. The molecular formula is C15H13BrFNO4S2. The van der Waals surface area contributed by atoms with Crippen LogP contribution in [0.5, 0.6) is 0 Å². The van der Waals surface area contributed by atoms with E-state index in [1.165, 1.54) is 18.2 Å². The molecule has 3 aliphatic rings. The molecule has 0 amide bonds. The van der Waals surface area contributed by atoms with Crippen LogP contribution < -0.4 is 5.32 Å². The Hall–Kier alpha value is -1.19. The van der Waals surface area contributed by atoms with E-state index in [4.69, 9.17) is 0 Å². The van der Waals surface area contributed by atoms with Crippen molar-refractivity contribution in [2.24, 2.45) is 0 Å². The third-order valence-electron chi connectivity index (χ3n) is 4.61. The quantitative estimate of drug-likeness (QED) is 0.734. The number of sulfone groups is 2. The number of allylic oxidation sites excluding steroid dienone is 4. The van der Waals surface area contributed by atoms with Gasteiger partial charge in [-0.15, -0.1) is 0 Å². The molecule has 0 spiro atoms. The molecule has 0 aromatic heterocycles. The summed E-state index contributed by atoms with van der Waals surface area (Å²) in [5.74, 6) is -1.46. The number of halogens is 2. The lowest BCUT2D eigenvalue weighted by Crippen LogP contribution is -2.26. The van der Waals surface area contributed by atoms with E-state index >= 15 is 0 Å². The first kappa shape index (κ1) is 16.3. The van der Waals surface area contributed by atoms with Gasteiger partial charge >= 0.3 is 0 Å². The maximum absolute atomic E-state index is 13.6. The minimum atomic E-state index is -3.55. The predicted molar refractivity (Wildman–Crippen MR) is 90.8 cm³/mol. The average Bonchev–Trinajstić information content (AvgIpc) is 2.98. The summed E-state index contributed by atoms with van der Waals surface area (Å²) in [4.78, 5) is 0.232. The van der Waals surface area contributed by atoms with Crippen LogP contribution in [0.15, 0.2) is 43.9 Å². The van der Waals surface area contributed by atoms with Crippen molar-refractivity contribution in [1.82, 2.24) is 5.32 Å². The number of dihydropyridines is 1. The highest BCUT2D eigenvalue weighted by Crippen LogP contribution is 2.49. The van der Waals surface area contributed by atoms with Crippen LogP contribution in [0.2, 0.25) is 0 Å². The fraction of sp³-hybridized carbons (Fsp3) is 0.333. The van der Waals surface area contributed by atoms with Crippen LogP contribution >= 0.6 is 15.9 Å². The molecule has 0 aliphatic carbocycles. The Balaban J connectivity index is 2.00. The molecule has 1 N–H and O–H groups in total. The van der Waals surface area contributed by atoms with E-state index < -0.39 is 31.4 Å². The van der Waals surface area contributed by atoms with Crippen molar-refractivity contribution in [3.63, 3.8) is 0 Å². The van der Waals surface area contributed by atoms with Gasteiger partial charge in [-0.3, -0.25) is 0 Å². The Morgan fingerprint density at radius 3 is 2.04 bits per heavy atom. The predicted octanol–water partition coefficient (Wildman–Crippen LogP) is 2.34. The van der Waals surface area contributed by atoms with Gasteiger partial charge in [0.05, 0.1) is 31.7 Å². The summed E-state index contributed by atoms with van der Waals surface area (Å²) >= 11 is 3.09. The summed E-state index contributed by atoms with van der Waals surface area (Å²) in [5, 5.41) is 3.03. The average molecular weight is 434 g/mol. The topological polar surface area (TPSA) is 80.3 Å². The normalized spacial score (nSPS) is 24.8. The van der Waals surface area contributed by atoms with E-state index in [-0.39, 0.29) is 25.8 Å². The summed E-state index contributed by atoms with van der Waals surface area (Å²) in [7, 11) is -7.09. The van der Waals surface area contributed by atoms with E-state index in [1.807, 2.05) is 0 Å². The van der Waals surface area contributed by atoms with Gasteiger partial charge in [-0.1, -0.05) is 6.07 Å². The fourth-order valence-electron chi connectivity index (χ4n) is 3.57. The number of hydrogen-bond acceptors (Lipinski definition) is 5. The van der Waals surface area contributed by atoms with E-state index in [2.05, 4.69) is 21.2 Å². The van der Waals surface area contributed by atoms with E-state index in [9.17, 15) is 21.2 Å². The lowest BCUT2D eigenvalue weighted by atomic mass is 9.93. The molecule has 1 aromatic carbocycles. The molecule has 9 heteroatoms. The molecule has 24 heavy (non-hydrogen) atoms. The van der Waals surface area contributed by atoms with Crippen LogP contribution in [0.1, 0.15) is 24.3 Å². The van der Waals surface area contributed by atoms with Gasteiger partial charge in [-0.2, -0.15) is 0 Å². The molecule has 3 heterocycles. The van der Waals surface area contributed by atoms with Crippen molar-refractivity contribution >= 4 is 35.6 Å². The second-order valence-electron chi connectivity index (χ2n) is 6.05. The van der Waals surface area contributed by atoms with Crippen LogP contribution in [0.3, 0.4) is 0 Å². The summed E-state index contributed by atoms with van der Waals surface area (Å²) in [6.45, 7) is 0. The standard InChI is InChI=1S/C15H13BrFNO4S2/c16-9-7-8(1-2-10(9)17)13-14-11(3-5-23(14,19)20)18-12-4-6-24(21,22)15(12)13/h1-2,7,13,18H,3-6H2. The van der Waals surface area contributed by atoms with E-state index in [0.29, 0.717) is 29.8 Å². The molecule has 0 fully saturated rings. The highest BCUT2D eigenvalue weighted by Gasteiger charge is 2.47. The first-order valence-electron chi connectivity index (χ1n) is 7.34. The van der Waals surface area contributed by atoms with Crippen LogP contribution in [0, 0.1) is 5.82 Å². The monoisotopic (exact) mass is 433 g/mol. The van der Waals surface area contributed by atoms with E-state index in [1.54, 1.807) is 0 Å². The SMILES string of the molecule is O=S1(=O)CCC2=C1C(c1ccc(F)c(Br)c1)C1=C(CCS1(=O)=O)N2. The first-order chi connectivity index (χ1) is 11.2. The Bertz CT molecular complexity index is 983. The maximum Gasteiger partial charge on any atom is 0.177 e. The van der Waals surface area contributed by atoms with Crippen LogP contribution in [0.25, 0.3) is 0 Å². The van der Waals surface area contributed by atoms with Gasteiger partial charge in [-0.25, -0.2) is 21.2 Å². The lowest BCUT2D eigenvalue weighted by molar-refractivity contribution is 0.599. The summed E-state index contributed by atoms with van der Waals surface area (Å²) in [5.41, 5.74) is 1.59. The van der Waals surface area contributed by atoms with Crippen LogP contribution in [-0.4, -0.2) is 28.3 Å². The minimum absolute atomic E-state index is 0.0376. The Kier molecular flexibility index (Phi) is 3.50. The number of benzene rings is 1. The summed E-state index contributed by atoms with van der Waals surface area (Å²) < 4.78 is 63.9. The van der Waals surface area contributed by atoms with Crippen molar-refractivity contribution in [3.05, 3.63) is 55.3 Å². The fourth-order valence-corrected chi connectivity index (χ4v) is 7.71. The first-order valence-corrected chi connectivity index (χ1v) is 11.4. The molecule has 0 radical (unpaired) electrons. The van der Waals surface area contributed by atoms with Crippen LogP contribution in [0.4, 0.5) is 4.39 Å². The van der Waals surface area contributed by atoms with Gasteiger partial charge < -0.3 is 5.32 Å². The second-order valence-corrected chi connectivity index (χ2v) is 11.1. The van der Waals surface area contributed by atoms with Gasteiger partial charge in [0, 0.05) is 24.2 Å². The molecule has 1 aromatic rings. The second kappa shape index (κ2) is 5.15. The van der Waals surface area contributed by atoms with Crippen LogP contribution in [-0.2, 0) is 19.7 Å². The molecule has 4 rings (SSSR count). The van der Waals surface area contributed by atoms with Gasteiger partial charge in [0.1, 0.15) is 5.82 Å². The molecule has 0 saturated heterocycles. The molecule has 0 unspecified atom stereocenters. The van der Waals surface area contributed by atoms with Crippen molar-refractivity contribution in [3.8, 4) is 0 Å².